The maximum absolute atomic E-state index is 12.3. The lowest BCUT2D eigenvalue weighted by molar-refractivity contribution is 0.00578. The number of ether oxygens (including phenoxy) is 1. The molecule has 2 fully saturated rings. The molecule has 0 unspecified atom stereocenters. The van der Waals surface area contributed by atoms with Crippen molar-refractivity contribution < 1.29 is 18.8 Å². The molecule has 0 aromatic carbocycles. The molecule has 2 aliphatic heterocycles. The van der Waals surface area contributed by atoms with Crippen LogP contribution in [0, 0.1) is 6.92 Å². The maximum Gasteiger partial charge on any atom is 0.507 e. The Morgan fingerprint density at radius 1 is 1.11 bits per heavy atom. The molecular weight excluding hydrogens is 377 g/mol. The molecule has 0 spiro atoms. The summed E-state index contributed by atoms with van der Waals surface area (Å²) in [4.78, 5) is 21.0. The number of nitrogens with zero attached hydrogens (tertiary/aromatic N) is 3. The van der Waals surface area contributed by atoms with Crippen LogP contribution in [0.5, 0.6) is 0 Å². The van der Waals surface area contributed by atoms with Gasteiger partial charge in [-0.15, -0.1) is 11.3 Å². The molecule has 0 N–H and O–H groups in total. The van der Waals surface area contributed by atoms with Gasteiger partial charge in [-0.1, -0.05) is 0 Å². The number of anilines is 1. The van der Waals surface area contributed by atoms with Gasteiger partial charge in [0.15, 0.2) is 5.13 Å². The Labute approximate surface area is 172 Å². The minimum atomic E-state index is -0.474. The average Bonchev–Trinajstić information content (AvgIpc) is 3.03. The average molecular weight is 409 g/mol. The highest BCUT2D eigenvalue weighted by atomic mass is 32.1. The van der Waals surface area contributed by atoms with Crippen LogP contribution in [0.15, 0.2) is 0 Å². The van der Waals surface area contributed by atoms with Gasteiger partial charge in [-0.05, 0) is 55.4 Å². The van der Waals surface area contributed by atoms with Crippen LogP contribution >= 0.6 is 11.3 Å². The second kappa shape index (κ2) is 7.18. The van der Waals surface area contributed by atoms with E-state index < -0.39 is 5.60 Å². The Hall–Kier alpha value is -1.32. The van der Waals surface area contributed by atoms with Gasteiger partial charge in [0, 0.05) is 26.2 Å². The Kier molecular flexibility index (Phi) is 5.49. The van der Waals surface area contributed by atoms with Crippen molar-refractivity contribution in [1.29, 1.82) is 0 Å². The molecule has 7 nitrogen and oxygen atoms in total. The molecule has 0 saturated carbocycles. The van der Waals surface area contributed by atoms with Gasteiger partial charge >= 0.3 is 13.2 Å². The van der Waals surface area contributed by atoms with Gasteiger partial charge in [-0.2, -0.15) is 0 Å². The van der Waals surface area contributed by atoms with E-state index in [4.69, 9.17) is 19.0 Å². The molecule has 156 valence electrons. The predicted molar refractivity (Wildman–Crippen MR) is 113 cm³/mol. The van der Waals surface area contributed by atoms with E-state index in [0.29, 0.717) is 13.1 Å². The van der Waals surface area contributed by atoms with Crippen LogP contribution in [0.2, 0.25) is 0 Å². The molecule has 1 amide bonds. The van der Waals surface area contributed by atoms with E-state index in [9.17, 15) is 4.79 Å². The van der Waals surface area contributed by atoms with Crippen LogP contribution in [-0.2, 0) is 14.0 Å². The van der Waals surface area contributed by atoms with Crippen LogP contribution in [0.3, 0.4) is 0 Å². The Bertz CT molecular complexity index is 720. The van der Waals surface area contributed by atoms with Crippen molar-refractivity contribution in [2.45, 2.75) is 72.2 Å². The summed E-state index contributed by atoms with van der Waals surface area (Å²) in [6, 6.07) is 0. The number of hydrogen-bond acceptors (Lipinski definition) is 7. The molecule has 1 aromatic heterocycles. The zero-order chi connectivity index (χ0) is 20.9. The normalized spacial score (nSPS) is 21.9. The molecule has 2 saturated heterocycles. The maximum atomic E-state index is 12.3. The minimum absolute atomic E-state index is 0.250. The van der Waals surface area contributed by atoms with E-state index >= 15 is 0 Å². The minimum Gasteiger partial charge on any atom is -0.444 e. The summed E-state index contributed by atoms with van der Waals surface area (Å²) < 4.78 is 18.9. The van der Waals surface area contributed by atoms with Crippen molar-refractivity contribution in [3.63, 3.8) is 0 Å². The van der Waals surface area contributed by atoms with Gasteiger partial charge in [0.2, 0.25) is 0 Å². The van der Waals surface area contributed by atoms with E-state index in [0.717, 1.165) is 28.7 Å². The smallest absolute Gasteiger partial charge is 0.444 e. The zero-order valence-corrected chi connectivity index (χ0v) is 19.1. The van der Waals surface area contributed by atoms with Crippen LogP contribution in [0.25, 0.3) is 0 Å². The molecule has 1 aromatic rings. The number of aromatic nitrogens is 1. The molecule has 28 heavy (non-hydrogen) atoms. The third kappa shape index (κ3) is 4.31. The SMILES string of the molecule is Cc1nc(N2CCN(C(=O)OC(C)(C)C)CC2)sc1B1OC(C)(C)C(C)(C)O1. The summed E-state index contributed by atoms with van der Waals surface area (Å²) in [5.74, 6) is 0. The third-order valence-electron chi connectivity index (χ3n) is 5.49. The summed E-state index contributed by atoms with van der Waals surface area (Å²) in [5.41, 5.74) is -0.271. The monoisotopic (exact) mass is 409 g/mol. The van der Waals surface area contributed by atoms with Gasteiger partial charge in [0.05, 0.1) is 21.7 Å². The summed E-state index contributed by atoms with van der Waals surface area (Å²) in [5, 5.41) is 0.950. The predicted octanol–water partition coefficient (Wildman–Crippen LogP) is 2.81. The number of carbonyl (C=O) groups excluding carboxylic acids is 1. The van der Waals surface area contributed by atoms with Gasteiger partial charge in [0.25, 0.3) is 0 Å². The van der Waals surface area contributed by atoms with Crippen molar-refractivity contribution in [2.24, 2.45) is 0 Å². The summed E-state index contributed by atoms with van der Waals surface area (Å²) in [7, 11) is -0.390. The third-order valence-corrected chi connectivity index (χ3v) is 6.73. The fraction of sp³-hybridized carbons (Fsp3) is 0.789. The number of piperazine rings is 1. The van der Waals surface area contributed by atoms with Crippen molar-refractivity contribution in [3.05, 3.63) is 5.69 Å². The van der Waals surface area contributed by atoms with Gasteiger partial charge in [-0.3, -0.25) is 0 Å². The van der Waals surface area contributed by atoms with E-state index in [1.807, 2.05) is 27.7 Å². The Morgan fingerprint density at radius 3 is 2.14 bits per heavy atom. The molecule has 0 atom stereocenters. The number of amides is 1. The molecule has 0 bridgehead atoms. The lowest BCUT2D eigenvalue weighted by atomic mass is 9.86. The summed E-state index contributed by atoms with van der Waals surface area (Å²) in [6.07, 6.45) is -0.250. The van der Waals surface area contributed by atoms with Crippen molar-refractivity contribution >= 4 is 34.5 Å². The Morgan fingerprint density at radius 2 is 1.64 bits per heavy atom. The topological polar surface area (TPSA) is 64.1 Å². The molecule has 3 rings (SSSR count). The zero-order valence-electron chi connectivity index (χ0n) is 18.3. The second-order valence-corrected chi connectivity index (χ2v) is 10.5. The van der Waals surface area contributed by atoms with Crippen molar-refractivity contribution in [3.8, 4) is 0 Å². The highest BCUT2D eigenvalue weighted by Gasteiger charge is 2.53. The molecule has 3 heterocycles. The largest absolute Gasteiger partial charge is 0.507 e. The van der Waals surface area contributed by atoms with E-state index in [1.165, 1.54) is 0 Å². The lowest BCUT2D eigenvalue weighted by Gasteiger charge is -2.35. The molecule has 2 aliphatic rings. The lowest BCUT2D eigenvalue weighted by Crippen LogP contribution is -2.50. The van der Waals surface area contributed by atoms with E-state index in [-0.39, 0.29) is 24.4 Å². The van der Waals surface area contributed by atoms with Crippen LogP contribution in [-0.4, -0.2) is 66.1 Å². The highest BCUT2D eigenvalue weighted by Crippen LogP contribution is 2.37. The Balaban J connectivity index is 1.64. The number of carbonyl (C=O) groups is 1. The first-order valence-electron chi connectivity index (χ1n) is 9.85. The molecule has 9 heteroatoms. The van der Waals surface area contributed by atoms with Gasteiger partial charge < -0.3 is 23.8 Å². The van der Waals surface area contributed by atoms with Crippen LogP contribution < -0.4 is 9.68 Å². The number of aryl methyl sites for hydroxylation is 1. The van der Waals surface area contributed by atoms with Crippen molar-refractivity contribution in [2.75, 3.05) is 31.1 Å². The molecule has 0 aliphatic carbocycles. The first-order valence-corrected chi connectivity index (χ1v) is 10.7. The summed E-state index contributed by atoms with van der Waals surface area (Å²) >= 11 is 1.61. The van der Waals surface area contributed by atoms with Crippen LogP contribution in [0.1, 0.15) is 54.2 Å². The number of thiazole rings is 1. The van der Waals surface area contributed by atoms with Gasteiger partial charge in [-0.25, -0.2) is 9.78 Å². The second-order valence-electron chi connectivity index (χ2n) is 9.49. The van der Waals surface area contributed by atoms with Gasteiger partial charge in [0.1, 0.15) is 5.60 Å². The quantitative estimate of drug-likeness (QED) is 0.700. The highest BCUT2D eigenvalue weighted by molar-refractivity contribution is 7.25. The fourth-order valence-corrected chi connectivity index (χ4v) is 4.18. The standard InChI is InChI=1S/C19H32BN3O4S/c1-13-14(20-26-18(5,6)19(7,8)27-20)28-15(21-13)22-9-11-23(12-10-22)16(24)25-17(2,3)4/h9-12H2,1-8H3. The first-order chi connectivity index (χ1) is 12.8. The molecular formula is C19H32BN3O4S. The van der Waals surface area contributed by atoms with E-state index in [1.54, 1.807) is 16.2 Å². The van der Waals surface area contributed by atoms with Crippen LogP contribution in [0.4, 0.5) is 9.93 Å². The first kappa shape index (κ1) is 21.4. The molecule has 0 radical (unpaired) electrons. The fourth-order valence-electron chi connectivity index (χ4n) is 3.10. The summed E-state index contributed by atoms with van der Waals surface area (Å²) in [6.45, 7) is 18.6. The van der Waals surface area contributed by atoms with Crippen molar-refractivity contribution in [1.82, 2.24) is 9.88 Å². The number of rotatable bonds is 2. The number of hydrogen-bond donors (Lipinski definition) is 0. The van der Waals surface area contributed by atoms with E-state index in [2.05, 4.69) is 32.6 Å².